The van der Waals surface area contributed by atoms with Crippen molar-refractivity contribution in [3.8, 4) is 0 Å². The van der Waals surface area contributed by atoms with Gasteiger partial charge in [-0.1, -0.05) is 12.1 Å². The Kier molecular flexibility index (Phi) is 3.11. The van der Waals surface area contributed by atoms with Crippen molar-refractivity contribution in [2.75, 3.05) is 12.5 Å². The highest BCUT2D eigenvalue weighted by Crippen LogP contribution is 2.56. The molecule has 80 valence electrons. The monoisotopic (exact) mass is 240 g/mol. The van der Waals surface area contributed by atoms with Crippen molar-refractivity contribution in [3.63, 3.8) is 0 Å². The van der Waals surface area contributed by atoms with Gasteiger partial charge in [-0.3, -0.25) is 0 Å². The van der Waals surface area contributed by atoms with Gasteiger partial charge in [-0.25, -0.2) is 0 Å². The zero-order chi connectivity index (χ0) is 11.0. The van der Waals surface area contributed by atoms with E-state index in [9.17, 15) is 13.2 Å². The van der Waals surface area contributed by atoms with Gasteiger partial charge in [0.05, 0.1) is 5.56 Å². The average molecular weight is 240 g/mol. The van der Waals surface area contributed by atoms with Crippen LogP contribution in [0.25, 0.3) is 0 Å². The van der Waals surface area contributed by atoms with Gasteiger partial charge < -0.3 is 0 Å². The summed E-state index contributed by atoms with van der Waals surface area (Å²) in [6.07, 6.45) is -0.842. The topological polar surface area (TPSA) is 0 Å². The van der Waals surface area contributed by atoms with E-state index in [1.807, 2.05) is 0 Å². The number of halogens is 3. The van der Waals surface area contributed by atoms with E-state index in [0.29, 0.717) is 0 Å². The number of thiol groups is 1. The highest BCUT2D eigenvalue weighted by atomic mass is 33.1. The lowest BCUT2D eigenvalue weighted by atomic mass is 10.2. The fraction of sp³-hybridized carbons (Fsp3) is 0.333. The molecule has 0 aliphatic rings. The van der Waals surface area contributed by atoms with Crippen LogP contribution >= 0.6 is 20.7 Å². The summed E-state index contributed by atoms with van der Waals surface area (Å²) in [4.78, 5) is 0.288. The maximum atomic E-state index is 12.6. The Bertz CT molecular complexity index is 293. The van der Waals surface area contributed by atoms with Crippen LogP contribution in [0.15, 0.2) is 29.2 Å². The number of rotatable bonds is 1. The molecule has 0 heterocycles. The SMILES string of the molecule is CS(C)(S)c1ccccc1C(F)(F)F. The van der Waals surface area contributed by atoms with E-state index >= 15 is 0 Å². The molecule has 0 N–H and O–H groups in total. The molecule has 0 fully saturated rings. The summed E-state index contributed by atoms with van der Waals surface area (Å²) in [5.41, 5.74) is -0.574. The summed E-state index contributed by atoms with van der Waals surface area (Å²) in [5, 5.41) is 0. The van der Waals surface area contributed by atoms with Gasteiger partial charge >= 0.3 is 6.18 Å². The van der Waals surface area contributed by atoms with E-state index in [1.54, 1.807) is 18.6 Å². The second-order valence-electron chi connectivity index (χ2n) is 3.27. The largest absolute Gasteiger partial charge is 0.417 e. The Morgan fingerprint density at radius 3 is 2.00 bits per heavy atom. The highest BCUT2D eigenvalue weighted by Gasteiger charge is 2.35. The van der Waals surface area contributed by atoms with Gasteiger partial charge in [0.2, 0.25) is 0 Å². The molecule has 0 nitrogen and oxygen atoms in total. The Balaban J connectivity index is 3.31. The smallest absolute Gasteiger partial charge is 0.174 e. The molecule has 0 atom stereocenters. The van der Waals surface area contributed by atoms with Crippen molar-refractivity contribution in [1.29, 1.82) is 0 Å². The van der Waals surface area contributed by atoms with Crippen molar-refractivity contribution in [3.05, 3.63) is 29.8 Å². The van der Waals surface area contributed by atoms with Crippen molar-refractivity contribution >= 4 is 20.7 Å². The van der Waals surface area contributed by atoms with Crippen LogP contribution in [-0.4, -0.2) is 12.5 Å². The van der Waals surface area contributed by atoms with Gasteiger partial charge in [0.15, 0.2) is 0 Å². The second kappa shape index (κ2) is 3.70. The predicted octanol–water partition coefficient (Wildman–Crippen LogP) is 3.97. The second-order valence-corrected chi connectivity index (χ2v) is 8.99. The van der Waals surface area contributed by atoms with Gasteiger partial charge in [0.1, 0.15) is 0 Å². The molecule has 0 spiro atoms. The maximum Gasteiger partial charge on any atom is 0.417 e. The van der Waals surface area contributed by atoms with Gasteiger partial charge in [-0.2, -0.15) is 22.2 Å². The molecule has 5 heteroatoms. The first-order chi connectivity index (χ1) is 6.23. The van der Waals surface area contributed by atoms with E-state index in [2.05, 4.69) is 11.7 Å². The normalized spacial score (nSPS) is 14.1. The molecule has 1 aromatic carbocycles. The first-order valence-electron chi connectivity index (χ1n) is 3.85. The molecule has 1 aromatic rings. The molecule has 0 saturated carbocycles. The fourth-order valence-electron chi connectivity index (χ4n) is 1.14. The molecule has 0 bridgehead atoms. The van der Waals surface area contributed by atoms with E-state index in [1.165, 1.54) is 12.1 Å². The standard InChI is InChI=1S/C9H11F3S2/c1-14(2,13)8-6-4-3-5-7(8)9(10,11)12/h3-6,13H,1-2H3. The zero-order valence-electron chi connectivity index (χ0n) is 7.80. The van der Waals surface area contributed by atoms with E-state index in [4.69, 9.17) is 0 Å². The van der Waals surface area contributed by atoms with E-state index in [0.717, 1.165) is 6.07 Å². The third-order valence-corrected chi connectivity index (χ3v) is 3.75. The summed E-state index contributed by atoms with van der Waals surface area (Å²) >= 11 is 4.23. The summed E-state index contributed by atoms with van der Waals surface area (Å²) in [7, 11) is -1.64. The summed E-state index contributed by atoms with van der Waals surface area (Å²) < 4.78 is 37.7. The Morgan fingerprint density at radius 2 is 1.64 bits per heavy atom. The molecule has 0 aliphatic carbocycles. The van der Waals surface area contributed by atoms with Crippen LogP contribution in [0.1, 0.15) is 5.56 Å². The summed E-state index contributed by atoms with van der Waals surface area (Å²) in [6.45, 7) is 0. The lowest BCUT2D eigenvalue weighted by Gasteiger charge is -2.27. The molecular formula is C9H11F3S2. The van der Waals surface area contributed by atoms with Crippen LogP contribution in [0.3, 0.4) is 0 Å². The molecule has 14 heavy (non-hydrogen) atoms. The van der Waals surface area contributed by atoms with Gasteiger partial charge in [-0.15, -0.1) is 11.7 Å². The van der Waals surface area contributed by atoms with Crippen LogP contribution in [0.2, 0.25) is 0 Å². The van der Waals surface area contributed by atoms with Crippen molar-refractivity contribution < 1.29 is 13.2 Å². The molecule has 0 saturated heterocycles. The van der Waals surface area contributed by atoms with Gasteiger partial charge in [0.25, 0.3) is 0 Å². The number of alkyl halides is 3. The van der Waals surface area contributed by atoms with Crippen LogP contribution in [0.5, 0.6) is 0 Å². The average Bonchev–Trinajstić information content (AvgIpc) is 2.01. The van der Waals surface area contributed by atoms with Crippen LogP contribution in [-0.2, 0) is 6.18 Å². The molecule has 1 rings (SSSR count). The zero-order valence-corrected chi connectivity index (χ0v) is 9.51. The third kappa shape index (κ3) is 2.60. The minimum atomic E-state index is -4.29. The quantitative estimate of drug-likeness (QED) is 0.557. The highest BCUT2D eigenvalue weighted by molar-refractivity contribution is 8.87. The number of benzene rings is 1. The summed E-state index contributed by atoms with van der Waals surface area (Å²) in [6, 6.07) is 5.59. The van der Waals surface area contributed by atoms with Crippen LogP contribution in [0.4, 0.5) is 13.2 Å². The Hall–Kier alpha value is -0.290. The van der Waals surface area contributed by atoms with Crippen molar-refractivity contribution in [2.24, 2.45) is 0 Å². The lowest BCUT2D eigenvalue weighted by molar-refractivity contribution is -0.139. The van der Waals surface area contributed by atoms with Gasteiger partial charge in [-0.05, 0) is 24.6 Å². The minimum Gasteiger partial charge on any atom is -0.174 e. The minimum absolute atomic E-state index is 0.288. The van der Waals surface area contributed by atoms with Crippen LogP contribution in [0, 0.1) is 0 Å². The lowest BCUT2D eigenvalue weighted by Crippen LogP contribution is -2.08. The Morgan fingerprint density at radius 1 is 1.14 bits per heavy atom. The maximum absolute atomic E-state index is 12.6. The van der Waals surface area contributed by atoms with Crippen molar-refractivity contribution in [1.82, 2.24) is 0 Å². The van der Waals surface area contributed by atoms with E-state index < -0.39 is 20.8 Å². The molecule has 0 amide bonds. The van der Waals surface area contributed by atoms with E-state index in [-0.39, 0.29) is 4.90 Å². The van der Waals surface area contributed by atoms with Gasteiger partial charge in [0, 0.05) is 4.90 Å². The molecule has 0 aromatic heterocycles. The molecule has 0 radical (unpaired) electrons. The molecule has 0 unspecified atom stereocenters. The first-order valence-corrected chi connectivity index (χ1v) is 7.35. The first kappa shape index (κ1) is 11.8. The predicted molar refractivity (Wildman–Crippen MR) is 58.1 cm³/mol. The van der Waals surface area contributed by atoms with Crippen LogP contribution < -0.4 is 0 Å². The Labute approximate surface area is 87.6 Å². The molecule has 0 aliphatic heterocycles. The summed E-state index contributed by atoms with van der Waals surface area (Å²) in [5.74, 6) is 0. The number of hydrogen-bond acceptors (Lipinski definition) is 1. The fourth-order valence-corrected chi connectivity index (χ4v) is 2.75. The van der Waals surface area contributed by atoms with Crippen molar-refractivity contribution in [2.45, 2.75) is 11.1 Å². The molecular weight excluding hydrogens is 229 g/mol. The number of hydrogen-bond donors (Lipinski definition) is 1. The third-order valence-electron chi connectivity index (χ3n) is 1.73.